The maximum atomic E-state index is 10.5. The van der Waals surface area contributed by atoms with Crippen molar-refractivity contribution < 1.29 is 9.90 Å². The van der Waals surface area contributed by atoms with Crippen molar-refractivity contribution >= 4 is 17.3 Å². The van der Waals surface area contributed by atoms with E-state index in [0.29, 0.717) is 0 Å². The molecular formula is C13H21NO2S. The maximum Gasteiger partial charge on any atom is 0.308 e. The molecule has 0 aliphatic carbocycles. The normalized spacial score (nSPS) is 11.0. The van der Waals surface area contributed by atoms with Gasteiger partial charge in [-0.25, -0.2) is 0 Å². The van der Waals surface area contributed by atoms with E-state index in [-0.39, 0.29) is 6.42 Å². The summed E-state index contributed by atoms with van der Waals surface area (Å²) in [5.41, 5.74) is 0. The van der Waals surface area contributed by atoms with E-state index < -0.39 is 5.97 Å². The molecule has 0 amide bonds. The third-order valence-electron chi connectivity index (χ3n) is 2.48. The van der Waals surface area contributed by atoms with Crippen LogP contribution < -0.4 is 5.32 Å². The summed E-state index contributed by atoms with van der Waals surface area (Å²) < 4.78 is 0. The lowest BCUT2D eigenvalue weighted by Crippen LogP contribution is -2.14. The number of carboxylic acid groups (broad SMARTS) is 1. The van der Waals surface area contributed by atoms with E-state index in [9.17, 15) is 4.79 Å². The lowest BCUT2D eigenvalue weighted by molar-refractivity contribution is -0.136. The van der Waals surface area contributed by atoms with Crippen molar-refractivity contribution in [1.29, 1.82) is 0 Å². The van der Waals surface area contributed by atoms with Crippen LogP contribution in [0.4, 0.5) is 0 Å². The van der Waals surface area contributed by atoms with Crippen molar-refractivity contribution in [2.24, 2.45) is 5.92 Å². The highest BCUT2D eigenvalue weighted by Crippen LogP contribution is 2.16. The molecule has 1 rings (SSSR count). The van der Waals surface area contributed by atoms with Gasteiger partial charge in [0.05, 0.1) is 6.42 Å². The monoisotopic (exact) mass is 255 g/mol. The van der Waals surface area contributed by atoms with Crippen LogP contribution in [0.3, 0.4) is 0 Å². The van der Waals surface area contributed by atoms with Crippen molar-refractivity contribution in [2.45, 2.75) is 39.7 Å². The largest absolute Gasteiger partial charge is 0.481 e. The predicted molar refractivity (Wildman–Crippen MR) is 71.4 cm³/mol. The Labute approximate surface area is 107 Å². The Morgan fingerprint density at radius 2 is 2.12 bits per heavy atom. The summed E-state index contributed by atoms with van der Waals surface area (Å²) in [6.07, 6.45) is 2.59. The van der Waals surface area contributed by atoms with Crippen LogP contribution in [0.2, 0.25) is 0 Å². The Balaban J connectivity index is 2.18. The zero-order chi connectivity index (χ0) is 12.7. The number of nitrogens with one attached hydrogen (secondary N) is 1. The van der Waals surface area contributed by atoms with Gasteiger partial charge in [-0.1, -0.05) is 13.8 Å². The van der Waals surface area contributed by atoms with Gasteiger partial charge >= 0.3 is 5.97 Å². The highest BCUT2D eigenvalue weighted by atomic mass is 32.1. The number of carboxylic acids is 1. The molecule has 1 aromatic heterocycles. The quantitative estimate of drug-likeness (QED) is 0.702. The molecule has 0 bridgehead atoms. The highest BCUT2D eigenvalue weighted by Gasteiger charge is 2.04. The number of rotatable bonds is 8. The third kappa shape index (κ3) is 6.44. The number of thiophene rings is 1. The van der Waals surface area contributed by atoms with Crippen LogP contribution >= 0.6 is 11.3 Å². The van der Waals surface area contributed by atoms with Crippen molar-refractivity contribution in [2.75, 3.05) is 6.54 Å². The summed E-state index contributed by atoms with van der Waals surface area (Å²) in [7, 11) is 0. The lowest BCUT2D eigenvalue weighted by Gasteiger charge is -2.05. The summed E-state index contributed by atoms with van der Waals surface area (Å²) in [5, 5.41) is 12.1. The standard InChI is InChI=1S/C13H21NO2S/c1-10(2)4-3-7-14-9-12-6-5-11(17-12)8-13(15)16/h5-6,10,14H,3-4,7-9H2,1-2H3,(H,15,16). The highest BCUT2D eigenvalue weighted by molar-refractivity contribution is 7.12. The Morgan fingerprint density at radius 3 is 2.76 bits per heavy atom. The van der Waals surface area contributed by atoms with Crippen molar-refractivity contribution in [1.82, 2.24) is 5.32 Å². The topological polar surface area (TPSA) is 49.3 Å². The van der Waals surface area contributed by atoms with Gasteiger partial charge in [0, 0.05) is 16.3 Å². The first-order valence-electron chi connectivity index (χ1n) is 6.08. The van der Waals surface area contributed by atoms with Gasteiger partial charge in [0.2, 0.25) is 0 Å². The fourth-order valence-electron chi connectivity index (χ4n) is 1.61. The molecule has 96 valence electrons. The number of carbonyl (C=O) groups is 1. The minimum Gasteiger partial charge on any atom is -0.481 e. The van der Waals surface area contributed by atoms with E-state index in [1.165, 1.54) is 17.7 Å². The summed E-state index contributed by atoms with van der Waals surface area (Å²) in [6, 6.07) is 3.92. The Morgan fingerprint density at radius 1 is 1.41 bits per heavy atom. The Bertz CT molecular complexity index is 347. The van der Waals surface area contributed by atoms with Gasteiger partial charge in [0.25, 0.3) is 0 Å². The lowest BCUT2D eigenvalue weighted by atomic mass is 10.1. The van der Waals surface area contributed by atoms with Crippen molar-refractivity contribution in [3.8, 4) is 0 Å². The fraction of sp³-hybridized carbons (Fsp3) is 0.615. The molecule has 1 aromatic rings. The van der Waals surface area contributed by atoms with Crippen LogP contribution in [-0.2, 0) is 17.8 Å². The molecule has 17 heavy (non-hydrogen) atoms. The molecule has 0 aliphatic heterocycles. The molecule has 0 radical (unpaired) electrons. The van der Waals surface area contributed by atoms with Gasteiger partial charge in [0.1, 0.15) is 0 Å². The van der Waals surface area contributed by atoms with Crippen LogP contribution in [-0.4, -0.2) is 17.6 Å². The molecule has 0 aliphatic rings. The first-order valence-corrected chi connectivity index (χ1v) is 6.89. The third-order valence-corrected chi connectivity index (χ3v) is 3.56. The molecule has 0 aromatic carbocycles. The zero-order valence-corrected chi connectivity index (χ0v) is 11.3. The Kier molecular flexibility index (Phi) is 6.22. The van der Waals surface area contributed by atoms with Crippen LogP contribution in [0.25, 0.3) is 0 Å². The first-order chi connectivity index (χ1) is 8.08. The summed E-state index contributed by atoms with van der Waals surface area (Å²) in [5.74, 6) is 0.00370. The second-order valence-corrected chi connectivity index (χ2v) is 5.90. The van der Waals surface area contributed by atoms with Crippen LogP contribution in [0.15, 0.2) is 12.1 Å². The molecule has 0 atom stereocenters. The molecule has 0 saturated carbocycles. The number of hydrogen-bond acceptors (Lipinski definition) is 3. The average molecular weight is 255 g/mol. The van der Waals surface area contributed by atoms with Crippen molar-refractivity contribution in [3.63, 3.8) is 0 Å². The SMILES string of the molecule is CC(C)CCCNCc1ccc(CC(=O)O)s1. The molecule has 0 unspecified atom stereocenters. The second-order valence-electron chi connectivity index (χ2n) is 4.65. The van der Waals surface area contributed by atoms with E-state index >= 15 is 0 Å². The predicted octanol–water partition coefficient (Wildman–Crippen LogP) is 2.90. The minimum atomic E-state index is -0.761. The van der Waals surface area contributed by atoms with Gasteiger partial charge in [0.15, 0.2) is 0 Å². The summed E-state index contributed by atoms with van der Waals surface area (Å²) in [6.45, 7) is 6.35. The molecule has 4 heteroatoms. The minimum absolute atomic E-state index is 0.137. The molecular weight excluding hydrogens is 234 g/mol. The molecule has 0 fully saturated rings. The van der Waals surface area contributed by atoms with Crippen LogP contribution in [0.5, 0.6) is 0 Å². The van der Waals surface area contributed by atoms with Gasteiger partial charge in [-0.3, -0.25) is 4.79 Å². The maximum absolute atomic E-state index is 10.5. The van der Waals surface area contributed by atoms with Gasteiger partial charge in [-0.2, -0.15) is 0 Å². The van der Waals surface area contributed by atoms with Gasteiger partial charge in [-0.15, -0.1) is 11.3 Å². The number of hydrogen-bond donors (Lipinski definition) is 2. The van der Waals surface area contributed by atoms with E-state index in [2.05, 4.69) is 19.2 Å². The van der Waals surface area contributed by atoms with E-state index in [0.717, 1.165) is 23.9 Å². The van der Waals surface area contributed by atoms with Crippen LogP contribution in [0, 0.1) is 5.92 Å². The van der Waals surface area contributed by atoms with E-state index in [4.69, 9.17) is 5.11 Å². The first kappa shape index (κ1) is 14.2. The van der Waals surface area contributed by atoms with Gasteiger partial charge in [-0.05, 0) is 37.4 Å². The molecule has 2 N–H and O–H groups in total. The summed E-state index contributed by atoms with van der Waals surface area (Å²) in [4.78, 5) is 12.7. The summed E-state index contributed by atoms with van der Waals surface area (Å²) >= 11 is 1.58. The van der Waals surface area contributed by atoms with Crippen molar-refractivity contribution in [3.05, 3.63) is 21.9 Å². The van der Waals surface area contributed by atoms with Gasteiger partial charge < -0.3 is 10.4 Å². The molecule has 1 heterocycles. The fourth-order valence-corrected chi connectivity index (χ4v) is 2.59. The second kappa shape index (κ2) is 7.45. The number of aliphatic carboxylic acids is 1. The van der Waals surface area contributed by atoms with E-state index in [1.54, 1.807) is 11.3 Å². The molecule has 0 saturated heterocycles. The zero-order valence-electron chi connectivity index (χ0n) is 10.5. The molecule has 3 nitrogen and oxygen atoms in total. The Hall–Kier alpha value is -0.870. The smallest absolute Gasteiger partial charge is 0.308 e. The van der Waals surface area contributed by atoms with E-state index in [1.807, 2.05) is 12.1 Å². The molecule has 0 spiro atoms. The average Bonchev–Trinajstić information content (AvgIpc) is 2.63. The van der Waals surface area contributed by atoms with Crippen LogP contribution in [0.1, 0.15) is 36.4 Å².